The highest BCUT2D eigenvalue weighted by molar-refractivity contribution is 5.74. The second-order valence-corrected chi connectivity index (χ2v) is 12.2. The second-order valence-electron chi connectivity index (χ2n) is 12.2. The minimum absolute atomic E-state index is 0.259. The Morgan fingerprint density at radius 2 is 1.61 bits per heavy atom. The number of alkyl halides is 1. The van der Waals surface area contributed by atoms with E-state index >= 15 is 4.39 Å². The molecule has 1 N–H and O–H groups in total. The maximum absolute atomic E-state index is 15.7. The first-order valence-electron chi connectivity index (χ1n) is 15.0. The van der Waals surface area contributed by atoms with E-state index in [-0.39, 0.29) is 12.0 Å². The zero-order valence-electron chi connectivity index (χ0n) is 22.8. The second kappa shape index (κ2) is 12.7. The molecule has 2 aromatic rings. The van der Waals surface area contributed by atoms with E-state index < -0.39 is 11.6 Å². The molecule has 0 unspecified atom stereocenters. The van der Waals surface area contributed by atoms with Gasteiger partial charge >= 0.3 is 5.97 Å². The van der Waals surface area contributed by atoms with Crippen molar-refractivity contribution in [1.82, 2.24) is 9.80 Å². The van der Waals surface area contributed by atoms with Crippen molar-refractivity contribution in [2.45, 2.75) is 81.8 Å². The number of aliphatic carboxylic acids is 1. The lowest BCUT2D eigenvalue weighted by Crippen LogP contribution is -2.47. The molecule has 2 aliphatic heterocycles. The third-order valence-corrected chi connectivity index (χ3v) is 9.62. The molecule has 4 nitrogen and oxygen atoms in total. The van der Waals surface area contributed by atoms with Crippen molar-refractivity contribution in [2.24, 2.45) is 11.8 Å². The number of rotatable bonds is 10. The lowest BCUT2D eigenvalue weighted by Gasteiger charge is -2.38. The number of halogens is 1. The summed E-state index contributed by atoms with van der Waals surface area (Å²) in [7, 11) is 0. The lowest BCUT2D eigenvalue weighted by atomic mass is 9.83. The molecule has 0 aromatic heterocycles. The summed E-state index contributed by atoms with van der Waals surface area (Å²) in [6, 6.07) is 20.7. The first-order chi connectivity index (χ1) is 18.5. The highest BCUT2D eigenvalue weighted by Crippen LogP contribution is 2.39. The number of carboxylic acid groups (broad SMARTS) is 1. The number of carbonyl (C=O) groups is 1. The highest BCUT2D eigenvalue weighted by Gasteiger charge is 2.44. The van der Waals surface area contributed by atoms with Crippen LogP contribution in [-0.2, 0) is 11.2 Å². The molecule has 5 heteroatoms. The molecule has 0 bridgehead atoms. The fourth-order valence-electron chi connectivity index (χ4n) is 7.47. The molecule has 5 rings (SSSR count). The quantitative estimate of drug-likeness (QED) is 0.385. The number of carboxylic acids is 1. The summed E-state index contributed by atoms with van der Waals surface area (Å²) in [5.74, 6) is 0.298. The third-order valence-electron chi connectivity index (χ3n) is 9.62. The van der Waals surface area contributed by atoms with Crippen molar-refractivity contribution in [1.29, 1.82) is 0 Å². The van der Waals surface area contributed by atoms with Gasteiger partial charge in [-0.05, 0) is 67.9 Å². The number of nitrogens with zero attached hydrogens (tertiary/aromatic N) is 2. The molecule has 38 heavy (non-hydrogen) atoms. The average molecular weight is 521 g/mol. The Morgan fingerprint density at radius 1 is 0.947 bits per heavy atom. The van der Waals surface area contributed by atoms with Crippen molar-refractivity contribution < 1.29 is 14.3 Å². The van der Waals surface area contributed by atoms with E-state index in [1.165, 1.54) is 17.5 Å². The van der Waals surface area contributed by atoms with Gasteiger partial charge in [0.05, 0.1) is 0 Å². The average Bonchev–Trinajstić information content (AvgIpc) is 3.34. The first-order valence-corrected chi connectivity index (χ1v) is 15.0. The van der Waals surface area contributed by atoms with E-state index in [1.807, 2.05) is 6.07 Å². The Morgan fingerprint density at radius 3 is 2.26 bits per heavy atom. The molecular formula is C33H45FN2O2. The van der Waals surface area contributed by atoms with Crippen LogP contribution in [0, 0.1) is 11.8 Å². The van der Waals surface area contributed by atoms with Crippen LogP contribution in [0.3, 0.4) is 0 Å². The van der Waals surface area contributed by atoms with Gasteiger partial charge in [-0.25, -0.2) is 4.39 Å². The van der Waals surface area contributed by atoms with Crippen LogP contribution in [-0.4, -0.2) is 65.3 Å². The Kier molecular flexibility index (Phi) is 9.16. The van der Waals surface area contributed by atoms with Crippen LogP contribution in [0.5, 0.6) is 0 Å². The number of aryl methyl sites for hydroxylation is 1. The summed E-state index contributed by atoms with van der Waals surface area (Å²) in [4.78, 5) is 17.2. The van der Waals surface area contributed by atoms with E-state index in [0.717, 1.165) is 71.2 Å². The molecule has 2 heterocycles. The van der Waals surface area contributed by atoms with E-state index in [2.05, 4.69) is 64.4 Å². The van der Waals surface area contributed by atoms with E-state index in [1.54, 1.807) is 0 Å². The first kappa shape index (κ1) is 27.3. The molecule has 2 saturated heterocycles. The van der Waals surface area contributed by atoms with Crippen molar-refractivity contribution in [2.75, 3.05) is 32.7 Å². The van der Waals surface area contributed by atoms with Crippen LogP contribution >= 0.6 is 0 Å². The molecule has 206 valence electrons. The summed E-state index contributed by atoms with van der Waals surface area (Å²) in [6.45, 7) is 4.15. The van der Waals surface area contributed by atoms with Gasteiger partial charge in [-0.2, -0.15) is 0 Å². The van der Waals surface area contributed by atoms with Crippen LogP contribution in [0.25, 0.3) is 0 Å². The summed E-state index contributed by atoms with van der Waals surface area (Å²) >= 11 is 0. The predicted octanol–water partition coefficient (Wildman–Crippen LogP) is 6.56. The molecule has 1 saturated carbocycles. The minimum Gasteiger partial charge on any atom is -0.480 e. The maximum Gasteiger partial charge on any atom is 0.321 e. The standard InChI is InChI=1S/C33H45FN2O2/c34-33(18-10-13-26-11-4-1-5-12-26)19-21-35(22-20-33)23-29-24-36(25-30(29)27-14-6-2-7-15-27)31(32(37)38)28-16-8-3-9-17-28/h1-2,4-7,11-12,14-15,28-31H,3,8-10,13,16-25H2,(H,37,38)/t29-,30+,31+/m0/s1. The SMILES string of the molecule is O=C(O)[C@@H](C1CCCCC1)N1C[C@H](CN2CCC(F)(CCCc3ccccc3)CC2)[C@@H](c2ccccc2)C1. The largest absolute Gasteiger partial charge is 0.480 e. The Balaban J connectivity index is 1.20. The van der Waals surface area contributed by atoms with Gasteiger partial charge in [-0.3, -0.25) is 9.69 Å². The number of hydrogen-bond donors (Lipinski definition) is 1. The number of piperidine rings is 1. The van der Waals surface area contributed by atoms with Crippen LogP contribution in [0.1, 0.15) is 74.8 Å². The van der Waals surface area contributed by atoms with Gasteiger partial charge in [0, 0.05) is 38.6 Å². The maximum atomic E-state index is 15.7. The van der Waals surface area contributed by atoms with Gasteiger partial charge in [0.2, 0.25) is 0 Å². The van der Waals surface area contributed by atoms with E-state index in [9.17, 15) is 9.90 Å². The molecule has 3 atom stereocenters. The fraction of sp³-hybridized carbons (Fsp3) is 0.606. The summed E-state index contributed by atoms with van der Waals surface area (Å²) in [6.07, 6.45) is 9.28. The zero-order chi connectivity index (χ0) is 26.4. The molecule has 0 spiro atoms. The fourth-order valence-corrected chi connectivity index (χ4v) is 7.47. The summed E-state index contributed by atoms with van der Waals surface area (Å²) < 4.78 is 15.7. The van der Waals surface area contributed by atoms with Crippen molar-refractivity contribution in [3.63, 3.8) is 0 Å². The van der Waals surface area contributed by atoms with Crippen LogP contribution in [0.2, 0.25) is 0 Å². The number of likely N-dealkylation sites (tertiary alicyclic amines) is 2. The third kappa shape index (κ3) is 6.84. The molecule has 1 aliphatic carbocycles. The van der Waals surface area contributed by atoms with Gasteiger partial charge in [-0.1, -0.05) is 79.9 Å². The van der Waals surface area contributed by atoms with E-state index in [0.29, 0.717) is 31.1 Å². The molecular weight excluding hydrogens is 475 g/mol. The molecule has 3 aliphatic rings. The van der Waals surface area contributed by atoms with Gasteiger partial charge in [-0.15, -0.1) is 0 Å². The van der Waals surface area contributed by atoms with Crippen LogP contribution in [0.15, 0.2) is 60.7 Å². The van der Waals surface area contributed by atoms with Crippen LogP contribution in [0.4, 0.5) is 4.39 Å². The Bertz CT molecular complexity index is 1000. The monoisotopic (exact) mass is 520 g/mol. The Hall–Kier alpha value is -2.24. The Labute approximate surface area is 228 Å². The van der Waals surface area contributed by atoms with E-state index in [4.69, 9.17) is 0 Å². The number of hydrogen-bond acceptors (Lipinski definition) is 3. The topological polar surface area (TPSA) is 43.8 Å². The van der Waals surface area contributed by atoms with Crippen molar-refractivity contribution in [3.05, 3.63) is 71.8 Å². The summed E-state index contributed by atoms with van der Waals surface area (Å²) in [5.41, 5.74) is 1.55. The van der Waals surface area contributed by atoms with Crippen molar-refractivity contribution in [3.8, 4) is 0 Å². The molecule has 2 aromatic carbocycles. The number of benzene rings is 2. The van der Waals surface area contributed by atoms with Gasteiger partial charge in [0.15, 0.2) is 0 Å². The minimum atomic E-state index is -1.05. The molecule has 3 fully saturated rings. The lowest BCUT2D eigenvalue weighted by molar-refractivity contribution is -0.145. The van der Waals surface area contributed by atoms with Crippen molar-refractivity contribution >= 4 is 5.97 Å². The van der Waals surface area contributed by atoms with Gasteiger partial charge < -0.3 is 10.0 Å². The molecule has 0 amide bonds. The van der Waals surface area contributed by atoms with Crippen LogP contribution < -0.4 is 0 Å². The molecule has 0 radical (unpaired) electrons. The van der Waals surface area contributed by atoms with Gasteiger partial charge in [0.25, 0.3) is 0 Å². The highest BCUT2D eigenvalue weighted by atomic mass is 19.1. The normalized spacial score (nSPS) is 25.8. The zero-order valence-corrected chi connectivity index (χ0v) is 22.8. The van der Waals surface area contributed by atoms with Gasteiger partial charge in [0.1, 0.15) is 11.7 Å². The predicted molar refractivity (Wildman–Crippen MR) is 151 cm³/mol. The summed E-state index contributed by atoms with van der Waals surface area (Å²) in [5, 5.41) is 10.3. The smallest absolute Gasteiger partial charge is 0.321 e.